The summed E-state index contributed by atoms with van der Waals surface area (Å²) in [6, 6.07) is 10.5. The third-order valence-electron chi connectivity index (χ3n) is 2.62. The molecular weight excluding hydrogens is 371 g/mol. The molecule has 0 atom stereocenters. The molecule has 1 aromatic carbocycles. The Balaban J connectivity index is 1.94. The topological polar surface area (TPSA) is 74.3 Å². The van der Waals surface area contributed by atoms with Gasteiger partial charge in [0, 0.05) is 21.5 Å². The van der Waals surface area contributed by atoms with E-state index in [9.17, 15) is 9.59 Å². The van der Waals surface area contributed by atoms with Crippen molar-refractivity contribution in [3.05, 3.63) is 62.1 Å². The summed E-state index contributed by atoms with van der Waals surface area (Å²) in [5.74, 6) is -0.476. The molecule has 104 valence electrons. The lowest BCUT2D eigenvalue weighted by atomic mass is 10.2. The SMILES string of the molecule is Nc1ccc(=O)n(CC(=O)OCc2ccc(I)cc2)c1. The molecule has 20 heavy (non-hydrogen) atoms. The maximum atomic E-state index is 11.7. The van der Waals surface area contributed by atoms with Gasteiger partial charge < -0.3 is 15.0 Å². The predicted molar refractivity (Wildman–Crippen MR) is 84.1 cm³/mol. The summed E-state index contributed by atoms with van der Waals surface area (Å²) in [6.07, 6.45) is 1.43. The monoisotopic (exact) mass is 384 g/mol. The van der Waals surface area contributed by atoms with Crippen molar-refractivity contribution >= 4 is 34.2 Å². The van der Waals surface area contributed by atoms with E-state index in [-0.39, 0.29) is 18.7 Å². The van der Waals surface area contributed by atoms with Crippen LogP contribution in [0.25, 0.3) is 0 Å². The van der Waals surface area contributed by atoms with E-state index >= 15 is 0 Å². The van der Waals surface area contributed by atoms with Crippen LogP contribution in [0.2, 0.25) is 0 Å². The van der Waals surface area contributed by atoms with Gasteiger partial charge in [-0.25, -0.2) is 0 Å². The molecule has 0 bridgehead atoms. The summed E-state index contributed by atoms with van der Waals surface area (Å²) in [5.41, 5.74) is 6.61. The number of esters is 1. The highest BCUT2D eigenvalue weighted by Gasteiger charge is 2.06. The van der Waals surface area contributed by atoms with Gasteiger partial charge in [0.2, 0.25) is 0 Å². The summed E-state index contributed by atoms with van der Waals surface area (Å²) >= 11 is 2.20. The zero-order valence-electron chi connectivity index (χ0n) is 10.6. The van der Waals surface area contributed by atoms with Crippen LogP contribution < -0.4 is 11.3 Å². The lowest BCUT2D eigenvalue weighted by Crippen LogP contribution is -2.24. The van der Waals surface area contributed by atoms with Gasteiger partial charge in [0.05, 0.1) is 0 Å². The summed E-state index contributed by atoms with van der Waals surface area (Å²) in [4.78, 5) is 23.2. The van der Waals surface area contributed by atoms with Gasteiger partial charge in [0.15, 0.2) is 0 Å². The third-order valence-corrected chi connectivity index (χ3v) is 3.34. The van der Waals surface area contributed by atoms with E-state index in [2.05, 4.69) is 22.6 Å². The molecule has 2 N–H and O–H groups in total. The standard InChI is InChI=1S/C14H13IN2O3/c15-11-3-1-10(2-4-11)9-20-14(19)8-17-7-12(16)5-6-13(17)18/h1-7H,8-9,16H2. The number of hydrogen-bond donors (Lipinski definition) is 1. The Morgan fingerprint density at radius 3 is 2.60 bits per heavy atom. The molecule has 0 spiro atoms. The second-order valence-corrected chi connectivity index (χ2v) is 5.46. The summed E-state index contributed by atoms with van der Waals surface area (Å²) < 4.78 is 7.47. The van der Waals surface area contributed by atoms with Crippen LogP contribution in [-0.4, -0.2) is 10.5 Å². The summed E-state index contributed by atoms with van der Waals surface area (Å²) in [7, 11) is 0. The zero-order chi connectivity index (χ0) is 14.5. The fourth-order valence-corrected chi connectivity index (χ4v) is 1.96. The van der Waals surface area contributed by atoms with Crippen molar-refractivity contribution < 1.29 is 9.53 Å². The van der Waals surface area contributed by atoms with Crippen molar-refractivity contribution in [2.75, 3.05) is 5.73 Å². The Labute approximate surface area is 129 Å². The van der Waals surface area contributed by atoms with Crippen LogP contribution in [0.5, 0.6) is 0 Å². The number of pyridine rings is 1. The first-order valence-corrected chi connectivity index (χ1v) is 6.98. The van der Waals surface area contributed by atoms with Gasteiger partial charge in [0.25, 0.3) is 5.56 Å². The van der Waals surface area contributed by atoms with Gasteiger partial charge in [0.1, 0.15) is 13.2 Å². The number of nitrogens with two attached hydrogens (primary N) is 1. The maximum absolute atomic E-state index is 11.7. The molecule has 0 saturated heterocycles. The van der Waals surface area contributed by atoms with Gasteiger partial charge in [-0.15, -0.1) is 0 Å². The van der Waals surface area contributed by atoms with E-state index in [0.717, 1.165) is 9.13 Å². The Kier molecular flexibility index (Phi) is 4.78. The molecule has 0 aliphatic heterocycles. The lowest BCUT2D eigenvalue weighted by molar-refractivity contribution is -0.145. The van der Waals surface area contributed by atoms with Crippen LogP contribution in [-0.2, 0) is 22.7 Å². The number of nitrogens with zero attached hydrogens (tertiary/aromatic N) is 1. The molecule has 0 radical (unpaired) electrons. The van der Waals surface area contributed by atoms with Crippen molar-refractivity contribution in [1.82, 2.24) is 4.57 Å². The Morgan fingerprint density at radius 2 is 1.90 bits per heavy atom. The van der Waals surface area contributed by atoms with Gasteiger partial charge in [-0.3, -0.25) is 9.59 Å². The number of hydrogen-bond acceptors (Lipinski definition) is 4. The highest BCUT2D eigenvalue weighted by Crippen LogP contribution is 2.08. The molecule has 1 aromatic heterocycles. The number of aromatic nitrogens is 1. The van der Waals surface area contributed by atoms with Crippen molar-refractivity contribution in [3.63, 3.8) is 0 Å². The number of anilines is 1. The van der Waals surface area contributed by atoms with Gasteiger partial charge in [-0.2, -0.15) is 0 Å². The Bertz CT molecular complexity index is 665. The zero-order valence-corrected chi connectivity index (χ0v) is 12.7. The molecule has 0 saturated carbocycles. The average Bonchev–Trinajstić information content (AvgIpc) is 2.42. The van der Waals surface area contributed by atoms with Gasteiger partial charge >= 0.3 is 5.97 Å². The van der Waals surface area contributed by atoms with Crippen molar-refractivity contribution in [2.24, 2.45) is 0 Å². The fourth-order valence-electron chi connectivity index (χ4n) is 1.60. The van der Waals surface area contributed by atoms with Crippen LogP contribution in [0.1, 0.15) is 5.56 Å². The molecular formula is C14H13IN2O3. The van der Waals surface area contributed by atoms with Crippen LogP contribution in [0, 0.1) is 3.57 Å². The molecule has 1 heterocycles. The summed E-state index contributed by atoms with van der Waals surface area (Å²) in [6.45, 7) is 0.0427. The predicted octanol–water partition coefficient (Wildman–Crippen LogP) is 1.78. The second kappa shape index (κ2) is 6.56. The number of carbonyl (C=O) groups is 1. The average molecular weight is 384 g/mol. The normalized spacial score (nSPS) is 10.2. The number of rotatable bonds is 4. The van der Waals surface area contributed by atoms with E-state index in [1.807, 2.05) is 24.3 Å². The fraction of sp³-hybridized carbons (Fsp3) is 0.143. The molecule has 5 nitrogen and oxygen atoms in total. The van der Waals surface area contributed by atoms with E-state index in [1.165, 1.54) is 22.9 Å². The number of nitrogen functional groups attached to an aromatic ring is 1. The molecule has 0 aliphatic rings. The quantitative estimate of drug-likeness (QED) is 0.644. The van der Waals surface area contributed by atoms with Gasteiger partial charge in [-0.1, -0.05) is 12.1 Å². The van der Waals surface area contributed by atoms with Crippen LogP contribution in [0.3, 0.4) is 0 Å². The third kappa shape index (κ3) is 4.09. The van der Waals surface area contributed by atoms with Crippen molar-refractivity contribution in [1.29, 1.82) is 0 Å². The lowest BCUT2D eigenvalue weighted by Gasteiger charge is -2.07. The summed E-state index contributed by atoms with van der Waals surface area (Å²) in [5, 5.41) is 0. The molecule has 0 fully saturated rings. The van der Waals surface area contributed by atoms with Crippen LogP contribution >= 0.6 is 22.6 Å². The minimum atomic E-state index is -0.476. The van der Waals surface area contributed by atoms with Gasteiger partial charge in [-0.05, 0) is 46.4 Å². The van der Waals surface area contributed by atoms with Crippen LogP contribution in [0.4, 0.5) is 5.69 Å². The Hall–Kier alpha value is -1.83. The maximum Gasteiger partial charge on any atom is 0.326 e. The highest BCUT2D eigenvalue weighted by molar-refractivity contribution is 14.1. The number of ether oxygens (including phenoxy) is 1. The smallest absolute Gasteiger partial charge is 0.326 e. The van der Waals surface area contributed by atoms with Crippen LogP contribution in [0.15, 0.2) is 47.4 Å². The molecule has 2 aromatic rings. The largest absolute Gasteiger partial charge is 0.459 e. The number of carbonyl (C=O) groups excluding carboxylic acids is 1. The molecule has 2 rings (SSSR count). The first-order chi connectivity index (χ1) is 9.54. The van der Waals surface area contributed by atoms with E-state index < -0.39 is 5.97 Å². The number of benzene rings is 1. The first kappa shape index (κ1) is 14.6. The van der Waals surface area contributed by atoms with E-state index in [4.69, 9.17) is 10.5 Å². The Morgan fingerprint density at radius 1 is 1.20 bits per heavy atom. The molecule has 0 unspecified atom stereocenters. The highest BCUT2D eigenvalue weighted by atomic mass is 127. The first-order valence-electron chi connectivity index (χ1n) is 5.90. The molecule has 0 aliphatic carbocycles. The molecule has 0 amide bonds. The van der Waals surface area contributed by atoms with E-state index in [0.29, 0.717) is 5.69 Å². The minimum Gasteiger partial charge on any atom is -0.459 e. The minimum absolute atomic E-state index is 0.145. The van der Waals surface area contributed by atoms with Crippen molar-refractivity contribution in [2.45, 2.75) is 13.2 Å². The van der Waals surface area contributed by atoms with E-state index in [1.54, 1.807) is 0 Å². The van der Waals surface area contributed by atoms with Crippen molar-refractivity contribution in [3.8, 4) is 0 Å². The number of halogens is 1. The second-order valence-electron chi connectivity index (χ2n) is 4.22. The molecule has 6 heteroatoms.